The molecule has 1 heterocycles. The second-order valence-electron chi connectivity index (χ2n) is 5.56. The summed E-state index contributed by atoms with van der Waals surface area (Å²) in [4.78, 5) is 4.58. The Balaban J connectivity index is 1.67. The molecule has 1 aliphatic carbocycles. The molecule has 0 aliphatic heterocycles. The van der Waals surface area contributed by atoms with Gasteiger partial charge in [0, 0.05) is 36.4 Å². The molecule has 1 aromatic heterocycles. The van der Waals surface area contributed by atoms with Crippen LogP contribution in [-0.2, 0) is 16.6 Å². The Morgan fingerprint density at radius 1 is 1.41 bits per heavy atom. The van der Waals surface area contributed by atoms with Crippen LogP contribution in [0.4, 0.5) is 0 Å². The fourth-order valence-corrected chi connectivity index (χ4v) is 3.98. The van der Waals surface area contributed by atoms with Crippen molar-refractivity contribution in [1.29, 1.82) is 0 Å². The Labute approximate surface area is 135 Å². The minimum atomic E-state index is -3.55. The monoisotopic (exact) mass is 339 g/mol. The van der Waals surface area contributed by atoms with Gasteiger partial charge in [-0.1, -0.05) is 17.7 Å². The van der Waals surface area contributed by atoms with Crippen LogP contribution in [0, 0.1) is 6.92 Å². The number of rotatable bonds is 6. The van der Waals surface area contributed by atoms with Gasteiger partial charge in [-0.25, -0.2) is 18.1 Å². The fraction of sp³-hybridized carbons (Fsp3) is 0.400. The molecule has 1 fully saturated rings. The van der Waals surface area contributed by atoms with Crippen LogP contribution in [0.1, 0.15) is 30.1 Å². The van der Waals surface area contributed by atoms with Gasteiger partial charge < -0.3 is 4.57 Å². The van der Waals surface area contributed by atoms with Gasteiger partial charge in [-0.05, 0) is 37.5 Å². The number of nitrogens with one attached hydrogen (secondary N) is 1. The molecule has 2 aromatic rings. The number of nitrogens with zero attached hydrogens (tertiary/aromatic N) is 2. The van der Waals surface area contributed by atoms with E-state index in [-0.39, 0.29) is 4.90 Å². The van der Waals surface area contributed by atoms with Crippen LogP contribution >= 0.6 is 11.6 Å². The Morgan fingerprint density at radius 2 is 2.18 bits per heavy atom. The van der Waals surface area contributed by atoms with Crippen LogP contribution < -0.4 is 4.72 Å². The summed E-state index contributed by atoms with van der Waals surface area (Å²) in [6.07, 6.45) is 6.00. The quantitative estimate of drug-likeness (QED) is 0.880. The van der Waals surface area contributed by atoms with Crippen LogP contribution in [0.25, 0.3) is 0 Å². The molecule has 7 heteroatoms. The molecule has 0 radical (unpaired) electrons. The molecular weight excluding hydrogens is 322 g/mol. The first-order valence-electron chi connectivity index (χ1n) is 7.24. The molecule has 0 bridgehead atoms. The lowest BCUT2D eigenvalue weighted by atomic mass is 10.2. The molecular formula is C15H18ClN3O2S. The lowest BCUT2D eigenvalue weighted by Gasteiger charge is -2.11. The Bertz CT molecular complexity index is 782. The van der Waals surface area contributed by atoms with E-state index < -0.39 is 10.0 Å². The summed E-state index contributed by atoms with van der Waals surface area (Å²) in [6.45, 7) is 2.65. The third kappa shape index (κ3) is 3.34. The van der Waals surface area contributed by atoms with E-state index in [4.69, 9.17) is 11.6 Å². The summed E-state index contributed by atoms with van der Waals surface area (Å²) < 4.78 is 29.4. The summed E-state index contributed by atoms with van der Waals surface area (Å²) in [5.41, 5.74) is 0.679. The highest BCUT2D eigenvalue weighted by molar-refractivity contribution is 7.89. The number of sulfonamides is 1. The van der Waals surface area contributed by atoms with Gasteiger partial charge in [0.2, 0.25) is 10.0 Å². The number of aromatic nitrogens is 2. The van der Waals surface area contributed by atoms with Crippen LogP contribution in [0.5, 0.6) is 0 Å². The molecule has 0 spiro atoms. The fourth-order valence-electron chi connectivity index (χ4n) is 2.45. The molecule has 22 heavy (non-hydrogen) atoms. The van der Waals surface area contributed by atoms with Gasteiger partial charge in [-0.15, -0.1) is 0 Å². The van der Waals surface area contributed by atoms with E-state index >= 15 is 0 Å². The van der Waals surface area contributed by atoms with Gasteiger partial charge in [0.25, 0.3) is 0 Å². The number of imidazole rings is 1. The van der Waals surface area contributed by atoms with Crippen molar-refractivity contribution in [3.05, 3.63) is 47.0 Å². The molecule has 1 saturated carbocycles. The van der Waals surface area contributed by atoms with E-state index in [1.807, 2.05) is 10.8 Å². The first kappa shape index (κ1) is 15.5. The maximum Gasteiger partial charge on any atom is 0.240 e. The van der Waals surface area contributed by atoms with E-state index in [9.17, 15) is 8.42 Å². The zero-order valence-electron chi connectivity index (χ0n) is 12.3. The van der Waals surface area contributed by atoms with Crippen molar-refractivity contribution >= 4 is 21.6 Å². The second-order valence-corrected chi connectivity index (χ2v) is 7.73. The number of hydrogen-bond donors (Lipinski definition) is 1. The summed E-state index contributed by atoms with van der Waals surface area (Å²) in [6, 6.07) is 4.87. The van der Waals surface area contributed by atoms with E-state index in [0.717, 1.165) is 5.82 Å². The molecule has 0 saturated heterocycles. The molecule has 3 rings (SSSR count). The van der Waals surface area contributed by atoms with E-state index in [0.29, 0.717) is 29.6 Å². The lowest BCUT2D eigenvalue weighted by Crippen LogP contribution is -2.28. The van der Waals surface area contributed by atoms with Crippen molar-refractivity contribution in [2.24, 2.45) is 0 Å². The van der Waals surface area contributed by atoms with E-state index in [1.165, 1.54) is 18.9 Å². The third-order valence-electron chi connectivity index (χ3n) is 3.77. The minimum Gasteiger partial charge on any atom is -0.333 e. The van der Waals surface area contributed by atoms with Crippen LogP contribution in [0.2, 0.25) is 5.02 Å². The molecule has 1 aromatic carbocycles. The molecule has 0 unspecified atom stereocenters. The van der Waals surface area contributed by atoms with Crippen molar-refractivity contribution in [3.63, 3.8) is 0 Å². The molecule has 0 atom stereocenters. The molecule has 118 valence electrons. The Kier molecular flexibility index (Phi) is 4.25. The average Bonchev–Trinajstić information content (AvgIpc) is 3.21. The number of aryl methyl sites for hydroxylation is 1. The molecule has 5 nitrogen and oxygen atoms in total. The highest BCUT2D eigenvalue weighted by Crippen LogP contribution is 2.38. The molecule has 1 aliphatic rings. The van der Waals surface area contributed by atoms with Crippen LogP contribution in [-0.4, -0.2) is 24.5 Å². The van der Waals surface area contributed by atoms with Crippen molar-refractivity contribution in [1.82, 2.24) is 14.3 Å². The maximum atomic E-state index is 12.4. The van der Waals surface area contributed by atoms with Crippen LogP contribution in [0.3, 0.4) is 0 Å². The van der Waals surface area contributed by atoms with E-state index in [2.05, 4.69) is 9.71 Å². The normalized spacial score (nSPS) is 15.2. The van der Waals surface area contributed by atoms with Gasteiger partial charge in [0.05, 0.1) is 4.90 Å². The maximum absolute atomic E-state index is 12.4. The first-order chi connectivity index (χ1) is 10.5. The largest absolute Gasteiger partial charge is 0.333 e. The number of hydrogen-bond acceptors (Lipinski definition) is 3. The molecule has 0 amide bonds. The predicted octanol–water partition coefficient (Wildman–Crippen LogP) is 2.70. The van der Waals surface area contributed by atoms with Gasteiger partial charge in [-0.2, -0.15) is 0 Å². The molecule has 1 N–H and O–H groups in total. The van der Waals surface area contributed by atoms with Crippen molar-refractivity contribution in [3.8, 4) is 0 Å². The van der Waals surface area contributed by atoms with Gasteiger partial charge in [-0.3, -0.25) is 0 Å². The Morgan fingerprint density at radius 3 is 2.91 bits per heavy atom. The van der Waals surface area contributed by atoms with Gasteiger partial charge >= 0.3 is 0 Å². The van der Waals surface area contributed by atoms with Crippen molar-refractivity contribution in [2.75, 3.05) is 6.54 Å². The summed E-state index contributed by atoms with van der Waals surface area (Å²) >= 11 is 5.90. The summed E-state index contributed by atoms with van der Waals surface area (Å²) in [5, 5.41) is 0.414. The van der Waals surface area contributed by atoms with Gasteiger partial charge in [0.1, 0.15) is 5.82 Å². The predicted molar refractivity (Wildman–Crippen MR) is 85.6 cm³/mol. The zero-order valence-corrected chi connectivity index (χ0v) is 13.9. The topological polar surface area (TPSA) is 64.0 Å². The Hall–Kier alpha value is -1.37. The lowest BCUT2D eigenvalue weighted by molar-refractivity contribution is 0.568. The SMILES string of the molecule is Cc1ccc(Cl)cc1S(=O)(=O)NCCn1ccnc1C1CC1. The zero-order chi connectivity index (χ0) is 15.7. The smallest absolute Gasteiger partial charge is 0.240 e. The number of benzene rings is 1. The third-order valence-corrected chi connectivity index (χ3v) is 5.61. The highest BCUT2D eigenvalue weighted by Gasteiger charge is 2.27. The standard InChI is InChI=1S/C15H18ClN3O2S/c1-11-2-5-13(16)10-14(11)22(20,21)18-7-9-19-8-6-17-15(19)12-3-4-12/h2,5-6,8,10,12,18H,3-4,7,9H2,1H3. The highest BCUT2D eigenvalue weighted by atomic mass is 35.5. The summed E-state index contributed by atoms with van der Waals surface area (Å²) in [5.74, 6) is 1.60. The van der Waals surface area contributed by atoms with Crippen LogP contribution in [0.15, 0.2) is 35.5 Å². The first-order valence-corrected chi connectivity index (χ1v) is 9.10. The average molecular weight is 340 g/mol. The van der Waals surface area contributed by atoms with Crippen molar-refractivity contribution < 1.29 is 8.42 Å². The minimum absolute atomic E-state index is 0.230. The summed E-state index contributed by atoms with van der Waals surface area (Å²) in [7, 11) is -3.55. The van der Waals surface area contributed by atoms with Gasteiger partial charge in [0.15, 0.2) is 0 Å². The number of halogens is 1. The second kappa shape index (κ2) is 6.02. The van der Waals surface area contributed by atoms with E-state index in [1.54, 1.807) is 25.3 Å². The van der Waals surface area contributed by atoms with Crippen molar-refractivity contribution in [2.45, 2.75) is 37.1 Å².